The summed E-state index contributed by atoms with van der Waals surface area (Å²) < 4.78 is 5.74. The number of allylic oxidation sites excluding steroid dienone is 1. The van der Waals surface area contributed by atoms with Crippen LogP contribution in [0.1, 0.15) is 43.1 Å². The van der Waals surface area contributed by atoms with Gasteiger partial charge in [-0.25, -0.2) is 0 Å². The van der Waals surface area contributed by atoms with Crippen LogP contribution in [-0.2, 0) is 0 Å². The molecule has 2 rings (SSSR count). The zero-order chi connectivity index (χ0) is 18.4. The highest BCUT2D eigenvalue weighted by Crippen LogP contribution is 2.29. The molecule has 4 nitrogen and oxygen atoms in total. The van der Waals surface area contributed by atoms with Crippen molar-refractivity contribution in [2.45, 2.75) is 27.2 Å². The molecule has 0 unspecified atom stereocenters. The maximum atomic E-state index is 12.5. The molecule has 0 amide bonds. The Morgan fingerprint density at radius 2 is 1.76 bits per heavy atom. The SMILES string of the molecule is CC(C)(C)CCOc1cccc(O)c1C(=O)/C=C/c1ccc(O)cc1. The Kier molecular flexibility index (Phi) is 5.86. The maximum Gasteiger partial charge on any atom is 0.193 e. The van der Waals surface area contributed by atoms with E-state index >= 15 is 0 Å². The zero-order valence-corrected chi connectivity index (χ0v) is 14.8. The number of phenolic OH excluding ortho intramolecular Hbond substituents is 2. The number of rotatable bonds is 6. The molecule has 0 radical (unpaired) electrons. The average molecular weight is 340 g/mol. The molecule has 0 heterocycles. The van der Waals surface area contributed by atoms with Gasteiger partial charge in [0.2, 0.25) is 0 Å². The average Bonchev–Trinajstić information content (AvgIpc) is 2.53. The minimum absolute atomic E-state index is 0.103. The van der Waals surface area contributed by atoms with E-state index in [1.54, 1.807) is 42.5 Å². The first-order valence-corrected chi connectivity index (χ1v) is 8.22. The van der Waals surface area contributed by atoms with Gasteiger partial charge in [0.15, 0.2) is 5.78 Å². The molecule has 0 saturated heterocycles. The molecule has 2 aromatic rings. The van der Waals surface area contributed by atoms with E-state index in [-0.39, 0.29) is 28.3 Å². The second-order valence-corrected chi connectivity index (χ2v) is 7.10. The second kappa shape index (κ2) is 7.88. The lowest BCUT2D eigenvalue weighted by molar-refractivity contribution is 0.104. The highest BCUT2D eigenvalue weighted by atomic mass is 16.5. The third-order valence-electron chi connectivity index (χ3n) is 3.68. The molecule has 4 heteroatoms. The minimum atomic E-state index is -0.336. The van der Waals surface area contributed by atoms with Crippen molar-refractivity contribution >= 4 is 11.9 Å². The van der Waals surface area contributed by atoms with Gasteiger partial charge in [0.05, 0.1) is 6.61 Å². The molecule has 0 aromatic heterocycles. The first-order valence-electron chi connectivity index (χ1n) is 8.22. The number of aromatic hydroxyl groups is 2. The Labute approximate surface area is 148 Å². The smallest absolute Gasteiger partial charge is 0.193 e. The predicted molar refractivity (Wildman–Crippen MR) is 99.1 cm³/mol. The summed E-state index contributed by atoms with van der Waals surface area (Å²) in [6, 6.07) is 11.3. The highest BCUT2D eigenvalue weighted by Gasteiger charge is 2.16. The number of carbonyl (C=O) groups excluding carboxylic acids is 1. The number of carbonyl (C=O) groups is 1. The summed E-state index contributed by atoms with van der Waals surface area (Å²) in [7, 11) is 0. The van der Waals surface area contributed by atoms with Crippen molar-refractivity contribution in [2.75, 3.05) is 6.61 Å². The molecule has 0 atom stereocenters. The molecule has 132 valence electrons. The first-order chi connectivity index (χ1) is 11.8. The lowest BCUT2D eigenvalue weighted by Crippen LogP contribution is -2.12. The lowest BCUT2D eigenvalue weighted by Gasteiger charge is -2.19. The maximum absolute atomic E-state index is 12.5. The van der Waals surface area contributed by atoms with E-state index in [2.05, 4.69) is 20.8 Å². The van der Waals surface area contributed by atoms with Gasteiger partial charge in [-0.3, -0.25) is 4.79 Å². The van der Waals surface area contributed by atoms with Crippen molar-refractivity contribution in [3.8, 4) is 17.2 Å². The highest BCUT2D eigenvalue weighted by molar-refractivity contribution is 6.10. The van der Waals surface area contributed by atoms with Gasteiger partial charge in [-0.2, -0.15) is 0 Å². The molecule has 0 bridgehead atoms. The van der Waals surface area contributed by atoms with Gasteiger partial charge >= 0.3 is 0 Å². The third kappa shape index (κ3) is 5.68. The first kappa shape index (κ1) is 18.6. The van der Waals surface area contributed by atoms with Crippen LogP contribution < -0.4 is 4.74 Å². The number of benzene rings is 2. The van der Waals surface area contributed by atoms with Crippen molar-refractivity contribution in [2.24, 2.45) is 5.41 Å². The molecular weight excluding hydrogens is 316 g/mol. The largest absolute Gasteiger partial charge is 0.508 e. The summed E-state index contributed by atoms with van der Waals surface area (Å²) in [5.41, 5.74) is 1.06. The van der Waals surface area contributed by atoms with Gasteiger partial charge in [-0.1, -0.05) is 45.0 Å². The van der Waals surface area contributed by atoms with E-state index in [9.17, 15) is 15.0 Å². The Balaban J connectivity index is 2.16. The Morgan fingerprint density at radius 1 is 1.08 bits per heavy atom. The molecule has 2 aromatic carbocycles. The van der Waals surface area contributed by atoms with Crippen molar-refractivity contribution in [1.29, 1.82) is 0 Å². The van der Waals surface area contributed by atoms with Crippen LogP contribution in [-0.4, -0.2) is 22.6 Å². The molecule has 0 aliphatic carbocycles. The van der Waals surface area contributed by atoms with E-state index in [1.165, 1.54) is 12.1 Å². The van der Waals surface area contributed by atoms with Crippen LogP contribution in [0.15, 0.2) is 48.5 Å². The fourth-order valence-electron chi connectivity index (χ4n) is 2.20. The molecule has 25 heavy (non-hydrogen) atoms. The predicted octanol–water partition coefficient (Wildman–Crippen LogP) is 4.81. The number of ketones is 1. The van der Waals surface area contributed by atoms with Gasteiger partial charge in [0, 0.05) is 0 Å². The lowest BCUT2D eigenvalue weighted by atomic mass is 9.93. The molecule has 0 saturated carbocycles. The molecule has 2 N–H and O–H groups in total. The van der Waals surface area contributed by atoms with Crippen LogP contribution in [0.5, 0.6) is 17.2 Å². The third-order valence-corrected chi connectivity index (χ3v) is 3.68. The van der Waals surface area contributed by atoms with Gasteiger partial charge in [0.1, 0.15) is 22.8 Å². The number of ether oxygens (including phenoxy) is 1. The van der Waals surface area contributed by atoms with Gasteiger partial charge in [-0.15, -0.1) is 0 Å². The summed E-state index contributed by atoms with van der Waals surface area (Å²) in [5, 5.41) is 19.4. The van der Waals surface area contributed by atoms with Gasteiger partial charge < -0.3 is 14.9 Å². The summed E-state index contributed by atoms with van der Waals surface area (Å²) in [4.78, 5) is 12.5. The standard InChI is InChI=1S/C21H24O4/c1-21(2,3)13-14-25-19-6-4-5-17(23)20(19)18(24)12-9-15-7-10-16(22)11-8-15/h4-12,22-23H,13-14H2,1-3H3/b12-9+. The van der Waals surface area contributed by atoms with E-state index in [0.29, 0.717) is 12.4 Å². The topological polar surface area (TPSA) is 66.8 Å². The van der Waals surface area contributed by atoms with E-state index in [0.717, 1.165) is 12.0 Å². The van der Waals surface area contributed by atoms with Crippen LogP contribution in [0.25, 0.3) is 6.08 Å². The van der Waals surface area contributed by atoms with E-state index < -0.39 is 0 Å². The fourth-order valence-corrected chi connectivity index (χ4v) is 2.20. The Bertz CT molecular complexity index is 752. The van der Waals surface area contributed by atoms with Crippen molar-refractivity contribution in [3.05, 3.63) is 59.7 Å². The molecule has 0 aliphatic rings. The fraction of sp³-hybridized carbons (Fsp3) is 0.286. The summed E-state index contributed by atoms with van der Waals surface area (Å²) in [6.45, 7) is 6.82. The molecule has 0 spiro atoms. The normalized spacial score (nSPS) is 11.6. The summed E-state index contributed by atoms with van der Waals surface area (Å²) in [6.07, 6.45) is 3.85. The Hall–Kier alpha value is -2.75. The van der Waals surface area contributed by atoms with Crippen molar-refractivity contribution in [1.82, 2.24) is 0 Å². The monoisotopic (exact) mass is 340 g/mol. The van der Waals surface area contributed by atoms with Gasteiger partial charge in [-0.05, 0) is 47.7 Å². The zero-order valence-electron chi connectivity index (χ0n) is 14.8. The van der Waals surface area contributed by atoms with Crippen LogP contribution in [0.4, 0.5) is 0 Å². The number of hydrogen-bond donors (Lipinski definition) is 2. The van der Waals surface area contributed by atoms with Crippen LogP contribution in [0.3, 0.4) is 0 Å². The molecule has 0 aliphatic heterocycles. The summed E-state index contributed by atoms with van der Waals surface area (Å²) in [5.74, 6) is 0.105. The van der Waals surface area contributed by atoms with Crippen molar-refractivity contribution < 1.29 is 19.7 Å². The number of hydrogen-bond acceptors (Lipinski definition) is 4. The van der Waals surface area contributed by atoms with E-state index in [1.807, 2.05) is 0 Å². The number of phenols is 2. The molecule has 0 fully saturated rings. The van der Waals surface area contributed by atoms with E-state index in [4.69, 9.17) is 4.74 Å². The Morgan fingerprint density at radius 3 is 2.40 bits per heavy atom. The summed E-state index contributed by atoms with van der Waals surface area (Å²) >= 11 is 0. The van der Waals surface area contributed by atoms with Crippen molar-refractivity contribution in [3.63, 3.8) is 0 Å². The minimum Gasteiger partial charge on any atom is -0.508 e. The van der Waals surface area contributed by atoms with Crippen LogP contribution in [0.2, 0.25) is 0 Å². The quantitative estimate of drug-likeness (QED) is 0.585. The van der Waals surface area contributed by atoms with Crippen LogP contribution in [0, 0.1) is 5.41 Å². The molecular formula is C21H24O4. The van der Waals surface area contributed by atoms with Crippen LogP contribution >= 0.6 is 0 Å². The van der Waals surface area contributed by atoms with Gasteiger partial charge in [0.25, 0.3) is 0 Å². The second-order valence-electron chi connectivity index (χ2n) is 7.10.